The highest BCUT2D eigenvalue weighted by Crippen LogP contribution is 2.27. The molecule has 4 rings (SSSR count). The Hall–Kier alpha value is -2.38. The number of rotatable bonds is 4. The van der Waals surface area contributed by atoms with Crippen LogP contribution in [-0.2, 0) is 0 Å². The van der Waals surface area contributed by atoms with Crippen molar-refractivity contribution in [3.05, 3.63) is 58.2 Å². The number of hydrogen-bond acceptors (Lipinski definition) is 4. The molecule has 3 heterocycles. The third kappa shape index (κ3) is 3.45. The Labute approximate surface area is 158 Å². The van der Waals surface area contributed by atoms with Gasteiger partial charge in [-0.2, -0.15) is 5.10 Å². The number of aromatic amines is 1. The first-order valence-corrected chi connectivity index (χ1v) is 9.46. The van der Waals surface area contributed by atoms with E-state index in [1.54, 1.807) is 11.3 Å². The quantitative estimate of drug-likeness (QED) is 0.709. The number of nitrogens with one attached hydrogen (secondary N) is 2. The van der Waals surface area contributed by atoms with Crippen LogP contribution < -0.4 is 10.2 Å². The lowest BCUT2D eigenvalue weighted by atomic mass is 10.2. The van der Waals surface area contributed by atoms with Crippen molar-refractivity contribution in [1.29, 1.82) is 0 Å². The largest absolute Gasteiger partial charge is 0.353 e. The van der Waals surface area contributed by atoms with Crippen molar-refractivity contribution >= 4 is 34.7 Å². The van der Waals surface area contributed by atoms with Crippen LogP contribution in [0.4, 0.5) is 10.2 Å². The van der Waals surface area contributed by atoms with E-state index < -0.39 is 5.82 Å². The Kier molecular flexibility index (Phi) is 4.65. The van der Waals surface area contributed by atoms with Gasteiger partial charge in [0.05, 0.1) is 21.2 Å². The highest BCUT2D eigenvalue weighted by atomic mass is 35.5. The van der Waals surface area contributed by atoms with E-state index in [1.807, 2.05) is 23.6 Å². The number of benzene rings is 1. The highest BCUT2D eigenvalue weighted by Gasteiger charge is 2.26. The number of H-pyrrole nitrogens is 1. The first-order chi connectivity index (χ1) is 12.6. The number of amides is 1. The Morgan fingerprint density at radius 2 is 2.27 bits per heavy atom. The van der Waals surface area contributed by atoms with E-state index in [1.165, 1.54) is 12.1 Å². The van der Waals surface area contributed by atoms with Crippen molar-refractivity contribution in [3.63, 3.8) is 0 Å². The van der Waals surface area contributed by atoms with Gasteiger partial charge in [-0.25, -0.2) is 4.39 Å². The average Bonchev–Trinajstić information content (AvgIpc) is 3.37. The van der Waals surface area contributed by atoms with Gasteiger partial charge in [0.25, 0.3) is 5.91 Å². The second-order valence-corrected chi connectivity index (χ2v) is 7.50. The molecule has 0 radical (unpaired) electrons. The number of nitrogens with zero attached hydrogens (tertiary/aromatic N) is 2. The van der Waals surface area contributed by atoms with Crippen LogP contribution in [0.1, 0.15) is 16.8 Å². The van der Waals surface area contributed by atoms with Crippen LogP contribution in [0.25, 0.3) is 10.6 Å². The van der Waals surface area contributed by atoms with Crippen LogP contribution >= 0.6 is 22.9 Å². The van der Waals surface area contributed by atoms with Crippen LogP contribution in [0.3, 0.4) is 0 Å². The predicted molar refractivity (Wildman–Crippen MR) is 101 cm³/mol. The first-order valence-electron chi connectivity index (χ1n) is 8.20. The highest BCUT2D eigenvalue weighted by molar-refractivity contribution is 7.13. The molecule has 1 fully saturated rings. The monoisotopic (exact) mass is 390 g/mol. The summed E-state index contributed by atoms with van der Waals surface area (Å²) in [6, 6.07) is 9.80. The maximum atomic E-state index is 13.4. The molecule has 0 spiro atoms. The van der Waals surface area contributed by atoms with Gasteiger partial charge in [-0.1, -0.05) is 17.7 Å². The van der Waals surface area contributed by atoms with Crippen molar-refractivity contribution in [2.75, 3.05) is 18.0 Å². The molecule has 5 nitrogen and oxygen atoms in total. The van der Waals surface area contributed by atoms with Crippen molar-refractivity contribution in [1.82, 2.24) is 15.5 Å². The molecule has 8 heteroatoms. The summed E-state index contributed by atoms with van der Waals surface area (Å²) < 4.78 is 13.4. The second kappa shape index (κ2) is 7.09. The predicted octanol–water partition coefficient (Wildman–Crippen LogP) is 3.94. The Balaban J connectivity index is 1.41. The third-order valence-electron chi connectivity index (χ3n) is 4.37. The average molecular weight is 391 g/mol. The van der Waals surface area contributed by atoms with Crippen molar-refractivity contribution in [2.45, 2.75) is 12.5 Å². The zero-order valence-electron chi connectivity index (χ0n) is 13.7. The van der Waals surface area contributed by atoms with E-state index >= 15 is 0 Å². The zero-order valence-corrected chi connectivity index (χ0v) is 15.3. The minimum absolute atomic E-state index is 0.0382. The van der Waals surface area contributed by atoms with Crippen molar-refractivity contribution in [2.24, 2.45) is 0 Å². The summed E-state index contributed by atoms with van der Waals surface area (Å²) in [6.07, 6.45) is 0.792. The topological polar surface area (TPSA) is 61.0 Å². The fourth-order valence-corrected chi connectivity index (χ4v) is 3.95. The minimum atomic E-state index is -0.481. The summed E-state index contributed by atoms with van der Waals surface area (Å²) in [5.41, 5.74) is 1.14. The molecule has 0 aliphatic carbocycles. The molecule has 1 atom stereocenters. The molecule has 134 valence electrons. The SMILES string of the molecule is O=C(NC1CCN(c2cc(-c3cccs3)[nH]n2)C1)c1cc(F)ccc1Cl. The molecule has 26 heavy (non-hydrogen) atoms. The number of carbonyl (C=O) groups excluding carboxylic acids is 1. The van der Waals surface area contributed by atoms with E-state index in [4.69, 9.17) is 11.6 Å². The van der Waals surface area contributed by atoms with Gasteiger partial charge in [-0.3, -0.25) is 9.89 Å². The molecule has 0 bridgehead atoms. The van der Waals surface area contributed by atoms with Gasteiger partial charge >= 0.3 is 0 Å². The normalized spacial score (nSPS) is 16.8. The van der Waals surface area contributed by atoms with Gasteiger partial charge in [0.15, 0.2) is 5.82 Å². The van der Waals surface area contributed by atoms with E-state index in [0.29, 0.717) is 6.54 Å². The van der Waals surface area contributed by atoms with E-state index in [0.717, 1.165) is 35.4 Å². The number of anilines is 1. The van der Waals surface area contributed by atoms with E-state index in [-0.39, 0.29) is 22.5 Å². The lowest BCUT2D eigenvalue weighted by Crippen LogP contribution is -2.37. The van der Waals surface area contributed by atoms with Crippen molar-refractivity contribution < 1.29 is 9.18 Å². The summed E-state index contributed by atoms with van der Waals surface area (Å²) in [6.45, 7) is 1.43. The van der Waals surface area contributed by atoms with Crippen LogP contribution in [0.2, 0.25) is 5.02 Å². The molecule has 1 aromatic carbocycles. The van der Waals surface area contributed by atoms with Crippen molar-refractivity contribution in [3.8, 4) is 10.6 Å². The molecule has 1 aliphatic rings. The number of aromatic nitrogens is 2. The Morgan fingerprint density at radius 1 is 1.38 bits per heavy atom. The molecule has 3 aromatic rings. The number of thiophene rings is 1. The van der Waals surface area contributed by atoms with Gasteiger partial charge < -0.3 is 10.2 Å². The maximum absolute atomic E-state index is 13.4. The van der Waals surface area contributed by atoms with Crippen LogP contribution in [0, 0.1) is 5.82 Å². The lowest BCUT2D eigenvalue weighted by molar-refractivity contribution is 0.0940. The fourth-order valence-electron chi connectivity index (χ4n) is 3.05. The number of halogens is 2. The molecule has 2 aromatic heterocycles. The molecular weight excluding hydrogens is 375 g/mol. The summed E-state index contributed by atoms with van der Waals surface area (Å²) in [5.74, 6) is 0.0156. The summed E-state index contributed by atoms with van der Waals surface area (Å²) in [4.78, 5) is 15.6. The zero-order chi connectivity index (χ0) is 18.1. The Morgan fingerprint density at radius 3 is 3.08 bits per heavy atom. The standard InChI is InChI=1S/C18H16ClFN4OS/c19-14-4-3-11(20)8-13(14)18(25)21-12-5-6-24(10-12)17-9-15(22-23-17)16-2-1-7-26-16/h1-4,7-9,12H,5-6,10H2,(H,21,25)(H,22,23). The Bertz CT molecular complexity index is 927. The van der Waals surface area contributed by atoms with Crippen LogP contribution in [-0.4, -0.2) is 35.2 Å². The van der Waals surface area contributed by atoms with Gasteiger partial charge in [0, 0.05) is 25.2 Å². The molecule has 1 unspecified atom stereocenters. The van der Waals surface area contributed by atoms with Gasteiger partial charge in [-0.05, 0) is 36.1 Å². The summed E-state index contributed by atoms with van der Waals surface area (Å²) in [7, 11) is 0. The van der Waals surface area contributed by atoms with E-state index in [2.05, 4.69) is 20.4 Å². The molecular formula is C18H16ClFN4OS. The van der Waals surface area contributed by atoms with Crippen LogP contribution in [0.15, 0.2) is 41.8 Å². The molecule has 2 N–H and O–H groups in total. The van der Waals surface area contributed by atoms with Gasteiger partial charge in [-0.15, -0.1) is 11.3 Å². The third-order valence-corrected chi connectivity index (χ3v) is 5.60. The first kappa shape index (κ1) is 17.1. The fraction of sp³-hybridized carbons (Fsp3) is 0.222. The minimum Gasteiger partial charge on any atom is -0.353 e. The second-order valence-electron chi connectivity index (χ2n) is 6.15. The molecule has 1 saturated heterocycles. The molecule has 1 aliphatic heterocycles. The lowest BCUT2D eigenvalue weighted by Gasteiger charge is -2.16. The van der Waals surface area contributed by atoms with Gasteiger partial charge in [0.2, 0.25) is 0 Å². The number of hydrogen-bond donors (Lipinski definition) is 2. The van der Waals surface area contributed by atoms with Crippen LogP contribution in [0.5, 0.6) is 0 Å². The number of carbonyl (C=O) groups is 1. The summed E-state index contributed by atoms with van der Waals surface area (Å²) in [5, 5.41) is 12.6. The van der Waals surface area contributed by atoms with Gasteiger partial charge in [0.1, 0.15) is 5.82 Å². The van der Waals surface area contributed by atoms with E-state index in [9.17, 15) is 9.18 Å². The maximum Gasteiger partial charge on any atom is 0.253 e. The smallest absolute Gasteiger partial charge is 0.253 e. The summed E-state index contributed by atoms with van der Waals surface area (Å²) >= 11 is 7.65. The molecule has 1 amide bonds. The molecule has 0 saturated carbocycles.